The lowest BCUT2D eigenvalue weighted by Crippen LogP contribution is -2.23. The van der Waals surface area contributed by atoms with Crippen LogP contribution in [0.5, 0.6) is 5.75 Å². The van der Waals surface area contributed by atoms with E-state index in [0.29, 0.717) is 5.75 Å². The van der Waals surface area contributed by atoms with Crippen LogP contribution in [0.2, 0.25) is 5.02 Å². The van der Waals surface area contributed by atoms with Gasteiger partial charge in [-0.25, -0.2) is 13.1 Å². The number of nitrogens with zero attached hydrogens (tertiary/aromatic N) is 1. The Morgan fingerprint density at radius 3 is 2.67 bits per heavy atom. The van der Waals surface area contributed by atoms with Crippen molar-refractivity contribution in [3.05, 3.63) is 59.2 Å². The van der Waals surface area contributed by atoms with Crippen molar-refractivity contribution in [1.29, 1.82) is 0 Å². The second-order valence-corrected chi connectivity index (χ2v) is 7.58. The highest BCUT2D eigenvalue weighted by Crippen LogP contribution is 2.27. The van der Waals surface area contributed by atoms with Crippen LogP contribution in [0.15, 0.2) is 53.6 Å². The maximum absolute atomic E-state index is 12.5. The predicted molar refractivity (Wildman–Crippen MR) is 94.9 cm³/mol. The van der Waals surface area contributed by atoms with E-state index in [1.165, 1.54) is 25.3 Å². The minimum absolute atomic E-state index is 0.105. The van der Waals surface area contributed by atoms with E-state index in [4.69, 9.17) is 16.3 Å². The van der Waals surface area contributed by atoms with Gasteiger partial charge in [0.05, 0.1) is 17.0 Å². The molecular weight excluding hydrogens is 348 g/mol. The first-order valence-electron chi connectivity index (χ1n) is 7.28. The molecule has 0 radical (unpaired) electrons. The van der Waals surface area contributed by atoms with Gasteiger partial charge in [0.25, 0.3) is 0 Å². The lowest BCUT2D eigenvalue weighted by molar-refractivity contribution is 0.414. The van der Waals surface area contributed by atoms with Crippen LogP contribution in [0.25, 0.3) is 10.9 Å². The third kappa shape index (κ3) is 3.13. The molecule has 1 heterocycles. The highest BCUT2D eigenvalue weighted by atomic mass is 35.5. The highest BCUT2D eigenvalue weighted by molar-refractivity contribution is 7.89. The summed E-state index contributed by atoms with van der Waals surface area (Å²) in [5.74, 6) is 0.435. The van der Waals surface area contributed by atoms with Gasteiger partial charge in [0.1, 0.15) is 5.75 Å². The van der Waals surface area contributed by atoms with Gasteiger partial charge in [-0.1, -0.05) is 29.8 Å². The number of aromatic nitrogens is 1. The number of hydrogen-bond acceptors (Lipinski definition) is 3. The summed E-state index contributed by atoms with van der Waals surface area (Å²) in [4.78, 5) is 0.105. The molecule has 0 aliphatic carbocycles. The van der Waals surface area contributed by atoms with E-state index in [9.17, 15) is 8.42 Å². The zero-order valence-corrected chi connectivity index (χ0v) is 14.9. The molecule has 3 rings (SSSR count). The summed E-state index contributed by atoms with van der Waals surface area (Å²) in [6.45, 7) is 0.202. The van der Waals surface area contributed by atoms with Crippen molar-refractivity contribution >= 4 is 32.5 Å². The Balaban J connectivity index is 1.86. The molecule has 0 bridgehead atoms. The Morgan fingerprint density at radius 1 is 1.21 bits per heavy atom. The van der Waals surface area contributed by atoms with Crippen molar-refractivity contribution in [2.24, 2.45) is 7.05 Å². The highest BCUT2D eigenvalue weighted by Gasteiger charge is 2.17. The first kappa shape index (κ1) is 16.8. The largest absolute Gasteiger partial charge is 0.495 e. The van der Waals surface area contributed by atoms with Crippen LogP contribution in [0.3, 0.4) is 0 Å². The number of ether oxygens (including phenoxy) is 1. The molecule has 0 aliphatic rings. The van der Waals surface area contributed by atoms with E-state index < -0.39 is 10.0 Å². The summed E-state index contributed by atoms with van der Waals surface area (Å²) in [6.07, 6.45) is 1.92. The first-order chi connectivity index (χ1) is 11.4. The fourth-order valence-electron chi connectivity index (χ4n) is 2.64. The Morgan fingerprint density at radius 2 is 1.96 bits per heavy atom. The van der Waals surface area contributed by atoms with Gasteiger partial charge in [-0.3, -0.25) is 0 Å². The van der Waals surface area contributed by atoms with Crippen molar-refractivity contribution in [3.63, 3.8) is 0 Å². The molecule has 2 aromatic carbocycles. The minimum Gasteiger partial charge on any atom is -0.495 e. The molecule has 0 aliphatic heterocycles. The predicted octanol–water partition coefficient (Wildman–Crippen LogP) is 3.32. The van der Waals surface area contributed by atoms with Gasteiger partial charge in [-0.15, -0.1) is 0 Å². The number of rotatable bonds is 5. The van der Waals surface area contributed by atoms with Crippen LogP contribution in [0.1, 0.15) is 5.56 Å². The fourth-order valence-corrected chi connectivity index (χ4v) is 3.99. The molecule has 24 heavy (non-hydrogen) atoms. The van der Waals surface area contributed by atoms with Crippen LogP contribution in [0.4, 0.5) is 0 Å². The second kappa shape index (κ2) is 6.47. The maximum Gasteiger partial charge on any atom is 0.240 e. The summed E-state index contributed by atoms with van der Waals surface area (Å²) in [5, 5.41) is 1.28. The van der Waals surface area contributed by atoms with Gasteiger partial charge in [0, 0.05) is 30.7 Å². The summed E-state index contributed by atoms with van der Waals surface area (Å²) >= 11 is 6.01. The second-order valence-electron chi connectivity index (χ2n) is 5.40. The molecule has 0 atom stereocenters. The molecule has 0 saturated heterocycles. The fraction of sp³-hybridized carbons (Fsp3) is 0.176. The lowest BCUT2D eigenvalue weighted by Gasteiger charge is -2.08. The van der Waals surface area contributed by atoms with E-state index >= 15 is 0 Å². The minimum atomic E-state index is -3.66. The monoisotopic (exact) mass is 364 g/mol. The van der Waals surface area contributed by atoms with Crippen LogP contribution in [-0.4, -0.2) is 20.1 Å². The molecular formula is C17H17ClN2O3S. The molecule has 0 saturated carbocycles. The quantitative estimate of drug-likeness (QED) is 0.755. The van der Waals surface area contributed by atoms with Crippen LogP contribution in [0, 0.1) is 0 Å². The SMILES string of the molecule is COc1ccc(S(=O)(=O)NCc2cn(C)c3ccccc23)cc1Cl. The van der Waals surface area contributed by atoms with E-state index in [0.717, 1.165) is 16.5 Å². The van der Waals surface area contributed by atoms with Crippen molar-refractivity contribution in [2.75, 3.05) is 7.11 Å². The molecule has 3 aromatic rings. The van der Waals surface area contributed by atoms with Gasteiger partial charge in [-0.2, -0.15) is 0 Å². The number of benzene rings is 2. The Labute approximate surface area is 145 Å². The third-order valence-electron chi connectivity index (χ3n) is 3.87. The average Bonchev–Trinajstić information content (AvgIpc) is 2.90. The zero-order chi connectivity index (χ0) is 17.3. The molecule has 0 spiro atoms. The van der Waals surface area contributed by atoms with Crippen molar-refractivity contribution < 1.29 is 13.2 Å². The summed E-state index contributed by atoms with van der Waals surface area (Å²) < 4.78 is 34.6. The van der Waals surface area contributed by atoms with E-state index in [2.05, 4.69) is 4.72 Å². The van der Waals surface area contributed by atoms with Crippen LogP contribution >= 0.6 is 11.6 Å². The lowest BCUT2D eigenvalue weighted by atomic mass is 10.2. The summed E-state index contributed by atoms with van der Waals surface area (Å²) in [6, 6.07) is 12.2. The van der Waals surface area contributed by atoms with Gasteiger partial charge in [0.15, 0.2) is 0 Å². The number of para-hydroxylation sites is 1. The Bertz CT molecular complexity index is 996. The molecule has 7 heteroatoms. The summed E-state index contributed by atoms with van der Waals surface area (Å²) in [5.41, 5.74) is 1.97. The first-order valence-corrected chi connectivity index (χ1v) is 9.14. The number of nitrogens with one attached hydrogen (secondary N) is 1. The van der Waals surface area contributed by atoms with E-state index in [1.54, 1.807) is 0 Å². The number of sulfonamides is 1. The van der Waals surface area contributed by atoms with Gasteiger partial charge >= 0.3 is 0 Å². The summed E-state index contributed by atoms with van der Waals surface area (Å²) in [7, 11) is -0.250. The smallest absolute Gasteiger partial charge is 0.240 e. The standard InChI is InChI=1S/C17H17ClN2O3S/c1-20-11-12(14-5-3-4-6-16(14)20)10-19-24(21,22)13-7-8-17(23-2)15(18)9-13/h3-9,11,19H,10H2,1-2H3. The molecule has 0 unspecified atom stereocenters. The number of aryl methyl sites for hydroxylation is 1. The number of methoxy groups -OCH3 is 1. The molecule has 1 aromatic heterocycles. The average molecular weight is 365 g/mol. The van der Waals surface area contributed by atoms with E-state index in [-0.39, 0.29) is 16.5 Å². The molecule has 0 amide bonds. The topological polar surface area (TPSA) is 60.3 Å². The molecule has 5 nitrogen and oxygen atoms in total. The Kier molecular flexibility index (Phi) is 4.54. The molecule has 0 fully saturated rings. The Hall–Kier alpha value is -2.02. The zero-order valence-electron chi connectivity index (χ0n) is 13.3. The van der Waals surface area contributed by atoms with Crippen LogP contribution < -0.4 is 9.46 Å². The van der Waals surface area contributed by atoms with Crippen LogP contribution in [-0.2, 0) is 23.6 Å². The third-order valence-corrected chi connectivity index (χ3v) is 5.56. The van der Waals surface area contributed by atoms with Gasteiger partial charge in [0.2, 0.25) is 10.0 Å². The van der Waals surface area contributed by atoms with Gasteiger partial charge in [-0.05, 0) is 29.8 Å². The maximum atomic E-state index is 12.5. The molecule has 1 N–H and O–H groups in total. The number of hydrogen-bond donors (Lipinski definition) is 1. The van der Waals surface area contributed by atoms with Gasteiger partial charge < -0.3 is 9.30 Å². The number of halogens is 1. The van der Waals surface area contributed by atoms with Crippen molar-refractivity contribution in [1.82, 2.24) is 9.29 Å². The van der Waals surface area contributed by atoms with Crippen molar-refractivity contribution in [2.45, 2.75) is 11.4 Å². The normalized spacial score (nSPS) is 11.8. The van der Waals surface area contributed by atoms with Crippen molar-refractivity contribution in [3.8, 4) is 5.75 Å². The number of fused-ring (bicyclic) bond motifs is 1. The van der Waals surface area contributed by atoms with E-state index in [1.807, 2.05) is 42.1 Å². The molecule has 126 valence electrons.